The van der Waals surface area contributed by atoms with Crippen LogP contribution >= 0.6 is 0 Å². The average Bonchev–Trinajstić information content (AvgIpc) is 3.51. The number of nitrogens with two attached hydrogens (primary N) is 1. The van der Waals surface area contributed by atoms with Crippen LogP contribution < -0.4 is 11.1 Å². The number of carbonyl (C=O) groups is 3. The highest BCUT2D eigenvalue weighted by Crippen LogP contribution is 2.24. The van der Waals surface area contributed by atoms with Gasteiger partial charge in [0.1, 0.15) is 5.58 Å². The SMILES string of the molecule is C#C.CC(=O)c1cc2cc(N=C(N)NC#N)ccc2o1.O=C(CN1CCCCCC1=O)N1CCCC1. The molecule has 0 radical (unpaired) electrons. The summed E-state index contributed by atoms with van der Waals surface area (Å²) in [6.07, 6.45) is 15.6. The number of guanidine groups is 1. The largest absolute Gasteiger partial charge is 0.453 e. The summed E-state index contributed by atoms with van der Waals surface area (Å²) in [7, 11) is 0. The van der Waals surface area contributed by atoms with Gasteiger partial charge in [-0.1, -0.05) is 6.42 Å². The zero-order valence-corrected chi connectivity index (χ0v) is 20.5. The Balaban J connectivity index is 0.000000239. The molecule has 1 aromatic carbocycles. The first-order valence-corrected chi connectivity index (χ1v) is 11.8. The van der Waals surface area contributed by atoms with E-state index in [4.69, 9.17) is 15.4 Å². The number of terminal acetylenes is 1. The first kappa shape index (κ1) is 27.9. The van der Waals surface area contributed by atoms with Gasteiger partial charge in [-0.05, 0) is 49.9 Å². The third-order valence-corrected chi connectivity index (χ3v) is 5.74. The van der Waals surface area contributed by atoms with Gasteiger partial charge in [0, 0.05) is 38.4 Å². The molecule has 0 saturated carbocycles. The second-order valence-corrected chi connectivity index (χ2v) is 8.34. The van der Waals surface area contributed by atoms with Crippen molar-refractivity contribution in [3.05, 3.63) is 30.0 Å². The minimum atomic E-state index is -0.137. The third-order valence-electron chi connectivity index (χ3n) is 5.74. The molecule has 2 fully saturated rings. The molecule has 0 bridgehead atoms. The van der Waals surface area contributed by atoms with Crippen LogP contribution in [0.1, 0.15) is 56.0 Å². The van der Waals surface area contributed by atoms with Crippen LogP contribution in [0.4, 0.5) is 5.69 Å². The van der Waals surface area contributed by atoms with Crippen LogP contribution in [0, 0.1) is 24.3 Å². The summed E-state index contributed by atoms with van der Waals surface area (Å²) >= 11 is 0. The minimum Gasteiger partial charge on any atom is -0.453 e. The predicted molar refractivity (Wildman–Crippen MR) is 137 cm³/mol. The monoisotopic (exact) mass is 492 g/mol. The topological polar surface area (TPSA) is 145 Å². The number of nitrogens with one attached hydrogen (secondary N) is 1. The molecule has 3 heterocycles. The van der Waals surface area contributed by atoms with Gasteiger partial charge < -0.3 is 20.0 Å². The van der Waals surface area contributed by atoms with E-state index < -0.39 is 0 Å². The highest BCUT2D eigenvalue weighted by molar-refractivity contribution is 5.96. The molecule has 0 spiro atoms. The van der Waals surface area contributed by atoms with Gasteiger partial charge in [0.15, 0.2) is 17.7 Å². The first-order valence-electron chi connectivity index (χ1n) is 11.8. The number of fused-ring (bicyclic) bond motifs is 1. The Morgan fingerprint density at radius 3 is 2.50 bits per heavy atom. The van der Waals surface area contributed by atoms with E-state index in [0.29, 0.717) is 30.0 Å². The highest BCUT2D eigenvalue weighted by atomic mass is 16.3. The normalized spacial score (nSPS) is 15.6. The Kier molecular flexibility index (Phi) is 11.0. The Morgan fingerprint density at radius 1 is 1.14 bits per heavy atom. The molecule has 2 saturated heterocycles. The number of rotatable bonds is 4. The number of nitriles is 1. The Bertz CT molecular complexity index is 1150. The highest BCUT2D eigenvalue weighted by Gasteiger charge is 2.23. The van der Waals surface area contributed by atoms with Crippen molar-refractivity contribution in [2.45, 2.75) is 45.4 Å². The van der Waals surface area contributed by atoms with Crippen molar-refractivity contribution in [2.75, 3.05) is 26.2 Å². The number of hydrogen-bond donors (Lipinski definition) is 2. The zero-order chi connectivity index (χ0) is 26.5. The van der Waals surface area contributed by atoms with E-state index in [1.807, 2.05) is 4.90 Å². The lowest BCUT2D eigenvalue weighted by molar-refractivity contribution is -0.139. The molecule has 0 aliphatic carbocycles. The maximum Gasteiger partial charge on any atom is 0.242 e. The molecule has 36 heavy (non-hydrogen) atoms. The number of benzene rings is 1. The number of nitrogens with zero attached hydrogens (tertiary/aromatic N) is 4. The van der Waals surface area contributed by atoms with E-state index in [9.17, 15) is 14.4 Å². The van der Waals surface area contributed by atoms with Crippen molar-refractivity contribution in [3.8, 4) is 19.0 Å². The van der Waals surface area contributed by atoms with E-state index >= 15 is 0 Å². The molecular weight excluding hydrogens is 460 g/mol. The third kappa shape index (κ3) is 8.17. The van der Waals surface area contributed by atoms with Crippen LogP contribution in [0.5, 0.6) is 0 Å². The smallest absolute Gasteiger partial charge is 0.242 e. The number of Topliss-reactive ketones (excluding diaryl/α,β-unsaturated/α-hetero) is 1. The van der Waals surface area contributed by atoms with E-state index in [2.05, 4.69) is 23.2 Å². The molecule has 10 heteroatoms. The van der Waals surface area contributed by atoms with Crippen LogP contribution in [0.15, 0.2) is 33.7 Å². The van der Waals surface area contributed by atoms with Crippen molar-refractivity contribution in [1.29, 1.82) is 5.26 Å². The lowest BCUT2D eigenvalue weighted by atomic mass is 10.2. The Hall–Kier alpha value is -4.31. The number of hydrogen-bond acceptors (Lipinski definition) is 6. The molecule has 1 aromatic heterocycles. The lowest BCUT2D eigenvalue weighted by Crippen LogP contribution is -2.41. The second-order valence-electron chi connectivity index (χ2n) is 8.34. The van der Waals surface area contributed by atoms with Crippen molar-refractivity contribution < 1.29 is 18.8 Å². The summed E-state index contributed by atoms with van der Waals surface area (Å²) in [5, 5.41) is 11.4. The van der Waals surface area contributed by atoms with Gasteiger partial charge in [0.05, 0.1) is 12.2 Å². The molecule has 2 aliphatic heterocycles. The van der Waals surface area contributed by atoms with E-state index in [-0.39, 0.29) is 23.6 Å². The van der Waals surface area contributed by atoms with Crippen LogP contribution in [-0.4, -0.2) is 59.5 Å². The molecular formula is C26H32N6O4. The molecule has 0 atom stereocenters. The fourth-order valence-electron chi connectivity index (χ4n) is 3.93. The van der Waals surface area contributed by atoms with Gasteiger partial charge >= 0.3 is 0 Å². The summed E-state index contributed by atoms with van der Waals surface area (Å²) in [6, 6.07) is 6.74. The van der Waals surface area contributed by atoms with Gasteiger partial charge in [0.25, 0.3) is 0 Å². The second kappa shape index (κ2) is 14.2. The molecule has 3 N–H and O–H groups in total. The zero-order valence-electron chi connectivity index (χ0n) is 20.5. The summed E-state index contributed by atoms with van der Waals surface area (Å²) in [5.74, 6) is 0.459. The van der Waals surface area contributed by atoms with E-state index in [1.165, 1.54) is 6.92 Å². The van der Waals surface area contributed by atoms with E-state index in [1.54, 1.807) is 35.4 Å². The Morgan fingerprint density at radius 2 is 1.83 bits per heavy atom. The number of likely N-dealkylation sites (tertiary alicyclic amines) is 2. The lowest BCUT2D eigenvalue weighted by Gasteiger charge is -2.23. The number of carbonyl (C=O) groups excluding carboxylic acids is 3. The maximum absolute atomic E-state index is 11.9. The van der Waals surface area contributed by atoms with Crippen LogP contribution in [0.3, 0.4) is 0 Å². The van der Waals surface area contributed by atoms with E-state index in [0.717, 1.165) is 57.1 Å². The van der Waals surface area contributed by atoms with Gasteiger partial charge in [-0.25, -0.2) is 4.99 Å². The predicted octanol–water partition coefficient (Wildman–Crippen LogP) is 2.91. The van der Waals surface area contributed by atoms with Crippen molar-refractivity contribution in [3.63, 3.8) is 0 Å². The number of ketones is 1. The molecule has 2 amide bonds. The van der Waals surface area contributed by atoms with Gasteiger partial charge in [0.2, 0.25) is 17.8 Å². The van der Waals surface area contributed by atoms with Gasteiger partial charge in [-0.3, -0.25) is 19.7 Å². The molecule has 2 aliphatic rings. The molecule has 0 unspecified atom stereocenters. The van der Waals surface area contributed by atoms with Gasteiger partial charge in [-0.15, -0.1) is 12.8 Å². The molecule has 2 aromatic rings. The molecule has 10 nitrogen and oxygen atoms in total. The van der Waals surface area contributed by atoms with Crippen LogP contribution in [0.2, 0.25) is 0 Å². The molecule has 4 rings (SSSR count). The van der Waals surface area contributed by atoms with Crippen LogP contribution in [-0.2, 0) is 9.59 Å². The number of furan rings is 1. The first-order chi connectivity index (χ1) is 17.4. The Labute approximate surface area is 211 Å². The summed E-state index contributed by atoms with van der Waals surface area (Å²) in [6.45, 7) is 4.25. The van der Waals surface area contributed by atoms with Crippen molar-refractivity contribution in [1.82, 2.24) is 15.1 Å². The summed E-state index contributed by atoms with van der Waals surface area (Å²) < 4.78 is 5.34. The van der Waals surface area contributed by atoms with Crippen LogP contribution in [0.25, 0.3) is 11.0 Å². The maximum atomic E-state index is 11.9. The number of aliphatic imine (C=N–C) groups is 1. The van der Waals surface area contributed by atoms with Crippen molar-refractivity contribution >= 4 is 40.2 Å². The van der Waals surface area contributed by atoms with Gasteiger partial charge in [-0.2, -0.15) is 5.26 Å². The fraction of sp³-hybridized carbons (Fsp3) is 0.423. The molecule has 190 valence electrons. The van der Waals surface area contributed by atoms with Crippen molar-refractivity contribution in [2.24, 2.45) is 10.7 Å². The fourth-order valence-corrected chi connectivity index (χ4v) is 3.93. The average molecular weight is 493 g/mol. The number of amides is 2. The quantitative estimate of drug-likeness (QED) is 0.167. The minimum absolute atomic E-state index is 0.00661. The standard InChI is InChI=1S/C12H10N4O2.C12H20N2O2.C2H2/c1-7(17)11-5-8-4-9(2-3-10(8)18-11)16-12(14)15-6-13;15-11-6-2-1-3-9-14(11)10-12(16)13-7-4-5-8-13;1-2/h2-5H,1H3,(H3,14,15,16);1-10H2;1-2H. The summed E-state index contributed by atoms with van der Waals surface area (Å²) in [5.41, 5.74) is 6.62. The summed E-state index contributed by atoms with van der Waals surface area (Å²) in [4.78, 5) is 42.4.